The molecule has 3 rings (SSSR count). The molecule has 0 saturated carbocycles. The number of carboxylic acids is 1. The molecule has 0 radical (unpaired) electrons. The van der Waals surface area contributed by atoms with Crippen LogP contribution in [0.4, 0.5) is 0 Å². The standard InChI is InChI=1S/C27H34N2O7S.C2H4O2/c1-28-37(33,34)25-4-2-3-21(15-25)19-35-13-14-36-24-8-5-20(6-9-24)11-12-29-17-27(32)22-7-10-26(31)23(16-22)18-30;1-2(3)4/h2-10,15-16,27-32H,11-14,17-19H2,1H3;1H3,(H,3,4)/t27-;/m0./s1. The van der Waals surface area contributed by atoms with Gasteiger partial charge in [-0.25, -0.2) is 13.1 Å². The van der Waals surface area contributed by atoms with Crippen molar-refractivity contribution in [1.29, 1.82) is 0 Å². The molecular weight excluding hydrogens is 552 g/mol. The zero-order valence-corrected chi connectivity index (χ0v) is 23.9. The van der Waals surface area contributed by atoms with Crippen LogP contribution in [0.2, 0.25) is 0 Å². The van der Waals surface area contributed by atoms with Crippen molar-refractivity contribution in [3.8, 4) is 11.5 Å². The first-order valence-corrected chi connectivity index (χ1v) is 14.4. The number of sulfonamides is 1. The number of carboxylic acid groups (broad SMARTS) is 1. The Balaban J connectivity index is 0.00000138. The molecule has 12 heteroatoms. The van der Waals surface area contributed by atoms with E-state index in [0.29, 0.717) is 37.4 Å². The Bertz CT molecular complexity index is 1330. The van der Waals surface area contributed by atoms with Gasteiger partial charge in [-0.15, -0.1) is 0 Å². The number of rotatable bonds is 15. The van der Waals surface area contributed by atoms with Gasteiger partial charge in [0.2, 0.25) is 10.0 Å². The van der Waals surface area contributed by atoms with Crippen LogP contribution in [0.3, 0.4) is 0 Å². The number of phenols is 1. The zero-order valence-electron chi connectivity index (χ0n) is 23.1. The molecule has 0 bridgehead atoms. The van der Waals surface area contributed by atoms with Gasteiger partial charge in [-0.05, 0) is 73.1 Å². The number of nitrogens with one attached hydrogen (secondary N) is 2. The number of benzene rings is 3. The molecule has 0 fully saturated rings. The van der Waals surface area contributed by atoms with Crippen molar-refractivity contribution in [1.82, 2.24) is 10.0 Å². The predicted molar refractivity (Wildman–Crippen MR) is 153 cm³/mol. The molecule has 0 aliphatic heterocycles. The summed E-state index contributed by atoms with van der Waals surface area (Å²) in [5, 5.41) is 39.8. The van der Waals surface area contributed by atoms with Crippen LogP contribution in [0, 0.1) is 0 Å². The predicted octanol–water partition coefficient (Wildman–Crippen LogP) is 2.34. The quantitative estimate of drug-likeness (QED) is 0.144. The number of carbonyl (C=O) groups is 1. The maximum absolute atomic E-state index is 11.9. The van der Waals surface area contributed by atoms with Gasteiger partial charge < -0.3 is 35.2 Å². The Kier molecular flexibility index (Phi) is 14.2. The first kappa shape index (κ1) is 33.7. The number of hydrogen-bond donors (Lipinski definition) is 6. The normalized spacial score (nSPS) is 11.8. The second kappa shape index (κ2) is 17.3. The number of aliphatic hydroxyl groups excluding tert-OH is 2. The average Bonchev–Trinajstić information content (AvgIpc) is 2.96. The third-order valence-corrected chi connectivity index (χ3v) is 7.16. The van der Waals surface area contributed by atoms with Crippen molar-refractivity contribution in [3.05, 3.63) is 89.0 Å². The SMILES string of the molecule is CC(=O)O.CNS(=O)(=O)c1cccc(COCCOc2ccc(CCNC[C@H](O)c3ccc(O)c(CO)c3)cc2)c1. The second-order valence-corrected chi connectivity index (χ2v) is 10.8. The summed E-state index contributed by atoms with van der Waals surface area (Å²) in [6.45, 7) is 2.83. The van der Waals surface area contributed by atoms with Gasteiger partial charge in [0.1, 0.15) is 18.1 Å². The highest BCUT2D eigenvalue weighted by atomic mass is 32.2. The van der Waals surface area contributed by atoms with Gasteiger partial charge in [-0.3, -0.25) is 4.79 Å². The maximum Gasteiger partial charge on any atom is 0.300 e. The summed E-state index contributed by atoms with van der Waals surface area (Å²) < 4.78 is 37.4. The fourth-order valence-electron chi connectivity index (χ4n) is 3.61. The molecule has 3 aromatic rings. The number of ether oxygens (including phenoxy) is 2. The largest absolute Gasteiger partial charge is 0.508 e. The third-order valence-electron chi connectivity index (χ3n) is 5.75. The van der Waals surface area contributed by atoms with Crippen LogP contribution < -0.4 is 14.8 Å². The smallest absolute Gasteiger partial charge is 0.300 e. The fraction of sp³-hybridized carbons (Fsp3) is 0.345. The Morgan fingerprint density at radius 2 is 1.71 bits per heavy atom. The zero-order chi connectivity index (χ0) is 30.3. The van der Waals surface area contributed by atoms with E-state index in [1.807, 2.05) is 30.3 Å². The van der Waals surface area contributed by atoms with Gasteiger partial charge >= 0.3 is 0 Å². The van der Waals surface area contributed by atoms with Crippen LogP contribution in [0.5, 0.6) is 11.5 Å². The van der Waals surface area contributed by atoms with Gasteiger partial charge in [0.25, 0.3) is 5.97 Å². The van der Waals surface area contributed by atoms with E-state index >= 15 is 0 Å². The molecule has 41 heavy (non-hydrogen) atoms. The van der Waals surface area contributed by atoms with Gasteiger partial charge in [-0.1, -0.05) is 30.3 Å². The minimum absolute atomic E-state index is 0.0110. The van der Waals surface area contributed by atoms with Gasteiger partial charge in [0.05, 0.1) is 30.8 Å². The highest BCUT2D eigenvalue weighted by Gasteiger charge is 2.12. The first-order valence-electron chi connectivity index (χ1n) is 12.9. The van der Waals surface area contributed by atoms with Gasteiger partial charge in [0, 0.05) is 19.0 Å². The first-order chi connectivity index (χ1) is 19.6. The lowest BCUT2D eigenvalue weighted by Gasteiger charge is -2.14. The Labute approximate surface area is 240 Å². The monoisotopic (exact) mass is 590 g/mol. The van der Waals surface area contributed by atoms with Crippen molar-refractivity contribution in [3.63, 3.8) is 0 Å². The molecule has 0 spiro atoms. The molecule has 224 valence electrons. The van der Waals surface area contributed by atoms with Crippen molar-refractivity contribution in [2.24, 2.45) is 0 Å². The van der Waals surface area contributed by atoms with E-state index in [2.05, 4.69) is 10.0 Å². The summed E-state index contributed by atoms with van der Waals surface area (Å²) in [7, 11) is -2.11. The molecule has 1 atom stereocenters. The summed E-state index contributed by atoms with van der Waals surface area (Å²) in [4.78, 5) is 9.20. The summed E-state index contributed by atoms with van der Waals surface area (Å²) in [5.74, 6) is -0.0956. The van der Waals surface area contributed by atoms with Crippen LogP contribution in [0.25, 0.3) is 0 Å². The maximum atomic E-state index is 11.9. The van der Waals surface area contributed by atoms with Crippen LogP contribution >= 0.6 is 0 Å². The molecule has 3 aromatic carbocycles. The van der Waals surface area contributed by atoms with Crippen molar-refractivity contribution < 1.29 is 43.1 Å². The van der Waals surface area contributed by atoms with Gasteiger partial charge in [0.15, 0.2) is 0 Å². The van der Waals surface area contributed by atoms with Crippen molar-refractivity contribution in [2.45, 2.75) is 37.6 Å². The summed E-state index contributed by atoms with van der Waals surface area (Å²) >= 11 is 0. The Morgan fingerprint density at radius 3 is 2.37 bits per heavy atom. The molecule has 0 amide bonds. The molecule has 0 heterocycles. The number of aliphatic carboxylic acids is 1. The molecule has 0 aliphatic carbocycles. The van der Waals surface area contributed by atoms with Crippen LogP contribution in [0.15, 0.2) is 71.6 Å². The van der Waals surface area contributed by atoms with Crippen molar-refractivity contribution >= 4 is 16.0 Å². The van der Waals surface area contributed by atoms with E-state index in [4.69, 9.17) is 19.4 Å². The molecule has 11 nitrogen and oxygen atoms in total. The number of aliphatic hydroxyl groups is 2. The van der Waals surface area contributed by atoms with E-state index in [0.717, 1.165) is 30.2 Å². The summed E-state index contributed by atoms with van der Waals surface area (Å²) in [6.07, 6.45) is 0.0323. The lowest BCUT2D eigenvalue weighted by Crippen LogP contribution is -2.23. The molecule has 6 N–H and O–H groups in total. The average molecular weight is 591 g/mol. The van der Waals surface area contributed by atoms with E-state index in [-0.39, 0.29) is 23.9 Å². The Morgan fingerprint density at radius 1 is 1.00 bits per heavy atom. The second-order valence-electron chi connectivity index (χ2n) is 8.94. The number of hydrogen-bond acceptors (Lipinski definition) is 9. The van der Waals surface area contributed by atoms with E-state index in [1.165, 1.54) is 19.2 Å². The molecule has 0 aromatic heterocycles. The van der Waals surface area contributed by atoms with Crippen LogP contribution in [0.1, 0.15) is 35.3 Å². The van der Waals surface area contributed by atoms with Crippen LogP contribution in [-0.2, 0) is 39.2 Å². The van der Waals surface area contributed by atoms with Crippen LogP contribution in [-0.4, -0.2) is 68.2 Å². The molecule has 0 aliphatic rings. The highest BCUT2D eigenvalue weighted by Crippen LogP contribution is 2.22. The lowest BCUT2D eigenvalue weighted by atomic mass is 10.1. The topological polar surface area (TPSA) is 175 Å². The van der Waals surface area contributed by atoms with E-state index < -0.39 is 22.1 Å². The van der Waals surface area contributed by atoms with Gasteiger partial charge in [-0.2, -0.15) is 0 Å². The third kappa shape index (κ3) is 12.3. The van der Waals surface area contributed by atoms with Crippen molar-refractivity contribution in [2.75, 3.05) is 33.4 Å². The Hall–Kier alpha value is -3.52. The minimum atomic E-state index is -3.48. The summed E-state index contributed by atoms with van der Waals surface area (Å²) in [5.41, 5.74) is 2.90. The molecule has 0 unspecified atom stereocenters. The van der Waals surface area contributed by atoms with E-state index in [9.17, 15) is 23.7 Å². The minimum Gasteiger partial charge on any atom is -0.508 e. The van der Waals surface area contributed by atoms with E-state index in [1.54, 1.807) is 24.3 Å². The fourth-order valence-corrected chi connectivity index (χ4v) is 4.41. The molecular formula is C29H38N2O9S. The number of aromatic hydroxyl groups is 1. The lowest BCUT2D eigenvalue weighted by molar-refractivity contribution is -0.134. The highest BCUT2D eigenvalue weighted by molar-refractivity contribution is 7.89. The summed E-state index contributed by atoms with van der Waals surface area (Å²) in [6, 6.07) is 19.1. The molecule has 0 saturated heterocycles.